The lowest BCUT2D eigenvalue weighted by Gasteiger charge is -2.18. The first-order chi connectivity index (χ1) is 7.96. The lowest BCUT2D eigenvalue weighted by molar-refractivity contribution is 0.482. The molecule has 1 fully saturated rings. The summed E-state index contributed by atoms with van der Waals surface area (Å²) in [4.78, 5) is 0. The number of sulfone groups is 1. The average molecular weight is 257 g/mol. The molecule has 0 radical (unpaired) electrons. The molecule has 0 bridgehead atoms. The van der Waals surface area contributed by atoms with Crippen molar-refractivity contribution in [1.29, 1.82) is 0 Å². The van der Waals surface area contributed by atoms with Crippen LogP contribution in [0, 0.1) is 5.82 Å². The Morgan fingerprint density at radius 3 is 2.82 bits per heavy atom. The fourth-order valence-corrected chi connectivity index (χ4v) is 3.84. The van der Waals surface area contributed by atoms with Gasteiger partial charge in [0.1, 0.15) is 5.82 Å². The van der Waals surface area contributed by atoms with E-state index in [-0.39, 0.29) is 29.4 Å². The van der Waals surface area contributed by atoms with Crippen LogP contribution in [0.25, 0.3) is 0 Å². The van der Waals surface area contributed by atoms with Gasteiger partial charge in [-0.3, -0.25) is 0 Å². The number of nitrogens with one attached hydrogen (secondary N) is 1. The van der Waals surface area contributed by atoms with Crippen LogP contribution in [0.3, 0.4) is 0 Å². The minimum atomic E-state index is -2.87. The largest absolute Gasteiger partial charge is 0.306 e. The van der Waals surface area contributed by atoms with E-state index in [1.54, 1.807) is 6.07 Å². The first kappa shape index (κ1) is 12.5. The first-order valence-electron chi connectivity index (χ1n) is 5.68. The molecule has 2 atom stereocenters. The number of hydrogen-bond acceptors (Lipinski definition) is 3. The summed E-state index contributed by atoms with van der Waals surface area (Å²) in [6, 6.07) is 6.32. The molecule has 0 spiro atoms. The minimum Gasteiger partial charge on any atom is -0.306 e. The number of benzene rings is 1. The maximum absolute atomic E-state index is 13.0. The average Bonchev–Trinajstić information content (AvgIpc) is 2.58. The van der Waals surface area contributed by atoms with Crippen LogP contribution in [0.2, 0.25) is 0 Å². The molecule has 1 unspecified atom stereocenters. The van der Waals surface area contributed by atoms with Gasteiger partial charge in [0.15, 0.2) is 9.84 Å². The molecule has 1 heterocycles. The van der Waals surface area contributed by atoms with Gasteiger partial charge in [-0.1, -0.05) is 12.1 Å². The van der Waals surface area contributed by atoms with Crippen LogP contribution in [-0.4, -0.2) is 26.0 Å². The van der Waals surface area contributed by atoms with Crippen LogP contribution in [0.5, 0.6) is 0 Å². The van der Waals surface area contributed by atoms with Gasteiger partial charge < -0.3 is 5.32 Å². The molecule has 2 rings (SSSR count). The third-order valence-corrected chi connectivity index (χ3v) is 4.83. The van der Waals surface area contributed by atoms with Gasteiger partial charge >= 0.3 is 0 Å². The fourth-order valence-electron chi connectivity index (χ4n) is 2.15. The Morgan fingerprint density at radius 2 is 2.24 bits per heavy atom. The second-order valence-corrected chi connectivity index (χ2v) is 6.77. The van der Waals surface area contributed by atoms with Gasteiger partial charge in [0.05, 0.1) is 11.5 Å². The van der Waals surface area contributed by atoms with Crippen molar-refractivity contribution in [3.63, 3.8) is 0 Å². The summed E-state index contributed by atoms with van der Waals surface area (Å²) >= 11 is 0. The molecule has 0 aliphatic carbocycles. The summed E-state index contributed by atoms with van der Waals surface area (Å²) < 4.78 is 35.7. The highest BCUT2D eigenvalue weighted by Crippen LogP contribution is 2.18. The number of hydrogen-bond donors (Lipinski definition) is 1. The van der Waals surface area contributed by atoms with E-state index in [0.29, 0.717) is 6.42 Å². The first-order valence-corrected chi connectivity index (χ1v) is 7.50. The van der Waals surface area contributed by atoms with Crippen molar-refractivity contribution in [3.05, 3.63) is 35.6 Å². The molecule has 1 N–H and O–H groups in total. The summed E-state index contributed by atoms with van der Waals surface area (Å²) in [5.74, 6) is 0.169. The zero-order chi connectivity index (χ0) is 12.5. The van der Waals surface area contributed by atoms with Gasteiger partial charge in [-0.05, 0) is 31.0 Å². The molecule has 1 aliphatic rings. The van der Waals surface area contributed by atoms with Crippen LogP contribution in [0.4, 0.5) is 4.39 Å². The van der Waals surface area contributed by atoms with Crippen molar-refractivity contribution in [2.24, 2.45) is 0 Å². The third kappa shape index (κ3) is 3.26. The van der Waals surface area contributed by atoms with E-state index in [1.807, 2.05) is 13.0 Å². The molecular formula is C12H16FNO2S. The van der Waals surface area contributed by atoms with Crippen molar-refractivity contribution in [1.82, 2.24) is 5.32 Å². The van der Waals surface area contributed by atoms with Crippen molar-refractivity contribution < 1.29 is 12.8 Å². The highest BCUT2D eigenvalue weighted by Gasteiger charge is 2.28. The SMILES string of the molecule is C[C@@H](NC1CCS(=O)(=O)C1)c1cccc(F)c1. The van der Waals surface area contributed by atoms with E-state index in [1.165, 1.54) is 12.1 Å². The molecular weight excluding hydrogens is 241 g/mol. The Bertz CT molecular complexity index is 501. The Morgan fingerprint density at radius 1 is 1.47 bits per heavy atom. The van der Waals surface area contributed by atoms with Crippen LogP contribution in [-0.2, 0) is 9.84 Å². The molecule has 0 aromatic heterocycles. The monoisotopic (exact) mass is 257 g/mol. The molecule has 1 aromatic carbocycles. The molecule has 5 heteroatoms. The highest BCUT2D eigenvalue weighted by molar-refractivity contribution is 7.91. The molecule has 17 heavy (non-hydrogen) atoms. The molecule has 3 nitrogen and oxygen atoms in total. The molecule has 0 amide bonds. The Kier molecular flexibility index (Phi) is 3.49. The second kappa shape index (κ2) is 4.74. The van der Waals surface area contributed by atoms with Crippen molar-refractivity contribution >= 4 is 9.84 Å². The van der Waals surface area contributed by atoms with Crippen molar-refractivity contribution in [2.45, 2.75) is 25.4 Å². The predicted molar refractivity (Wildman–Crippen MR) is 65.0 cm³/mol. The van der Waals surface area contributed by atoms with E-state index in [4.69, 9.17) is 0 Å². The van der Waals surface area contributed by atoms with Gasteiger partial charge in [0.2, 0.25) is 0 Å². The normalized spacial score (nSPS) is 24.7. The van der Waals surface area contributed by atoms with Crippen LogP contribution < -0.4 is 5.32 Å². The van der Waals surface area contributed by atoms with Crippen molar-refractivity contribution in [3.8, 4) is 0 Å². The second-order valence-electron chi connectivity index (χ2n) is 4.54. The summed E-state index contributed by atoms with van der Waals surface area (Å²) in [7, 11) is -2.87. The lowest BCUT2D eigenvalue weighted by atomic mass is 10.1. The van der Waals surface area contributed by atoms with E-state index < -0.39 is 9.84 Å². The standard InChI is InChI=1S/C12H16FNO2S/c1-9(10-3-2-4-11(13)7-10)14-12-5-6-17(15,16)8-12/h2-4,7,9,12,14H,5-6,8H2,1H3/t9-,12?/m1/s1. The maximum atomic E-state index is 13.0. The van der Waals surface area contributed by atoms with E-state index in [2.05, 4.69) is 5.32 Å². The molecule has 1 aliphatic heterocycles. The van der Waals surface area contributed by atoms with Crippen LogP contribution in [0.1, 0.15) is 24.9 Å². The summed E-state index contributed by atoms with van der Waals surface area (Å²) in [5.41, 5.74) is 0.842. The van der Waals surface area contributed by atoms with E-state index in [0.717, 1.165) is 5.56 Å². The Balaban J connectivity index is 2.00. The number of rotatable bonds is 3. The van der Waals surface area contributed by atoms with Crippen LogP contribution >= 0.6 is 0 Å². The van der Waals surface area contributed by atoms with E-state index in [9.17, 15) is 12.8 Å². The fraction of sp³-hybridized carbons (Fsp3) is 0.500. The Hall–Kier alpha value is -0.940. The maximum Gasteiger partial charge on any atom is 0.151 e. The van der Waals surface area contributed by atoms with Gasteiger partial charge in [-0.25, -0.2) is 12.8 Å². The van der Waals surface area contributed by atoms with Crippen LogP contribution in [0.15, 0.2) is 24.3 Å². The predicted octanol–water partition coefficient (Wildman–Crippen LogP) is 1.66. The lowest BCUT2D eigenvalue weighted by Crippen LogP contribution is -2.32. The van der Waals surface area contributed by atoms with Gasteiger partial charge in [0, 0.05) is 12.1 Å². The molecule has 1 saturated heterocycles. The topological polar surface area (TPSA) is 46.2 Å². The zero-order valence-corrected chi connectivity index (χ0v) is 10.5. The highest BCUT2D eigenvalue weighted by atomic mass is 32.2. The van der Waals surface area contributed by atoms with Crippen molar-refractivity contribution in [2.75, 3.05) is 11.5 Å². The Labute approximate surface area is 101 Å². The summed E-state index contributed by atoms with van der Waals surface area (Å²) in [5, 5.41) is 3.23. The summed E-state index contributed by atoms with van der Waals surface area (Å²) in [6.45, 7) is 1.92. The van der Waals surface area contributed by atoms with E-state index >= 15 is 0 Å². The summed E-state index contributed by atoms with van der Waals surface area (Å²) in [6.07, 6.45) is 0.641. The molecule has 1 aromatic rings. The molecule has 94 valence electrons. The third-order valence-electron chi connectivity index (χ3n) is 3.07. The smallest absolute Gasteiger partial charge is 0.151 e. The molecule has 0 saturated carbocycles. The zero-order valence-electron chi connectivity index (χ0n) is 9.69. The number of halogens is 1. The van der Waals surface area contributed by atoms with Gasteiger partial charge in [-0.15, -0.1) is 0 Å². The minimum absolute atomic E-state index is 0.0155. The quantitative estimate of drug-likeness (QED) is 0.896. The van der Waals surface area contributed by atoms with Gasteiger partial charge in [0.25, 0.3) is 0 Å². The van der Waals surface area contributed by atoms with Gasteiger partial charge in [-0.2, -0.15) is 0 Å².